The molecule has 0 spiro atoms. The minimum atomic E-state index is 0.546. The molecule has 0 saturated heterocycles. The Morgan fingerprint density at radius 2 is 1.47 bits per heavy atom. The monoisotopic (exact) mass is 250 g/mol. The lowest BCUT2D eigenvalue weighted by Crippen LogP contribution is -2.13. The molecule has 0 aromatic heterocycles. The van der Waals surface area contributed by atoms with Gasteiger partial charge in [-0.25, -0.2) is 4.99 Å². The Balaban J connectivity index is 2.35. The van der Waals surface area contributed by atoms with Crippen LogP contribution in [-0.2, 0) is 0 Å². The summed E-state index contributed by atoms with van der Waals surface area (Å²) in [7, 11) is 0. The van der Waals surface area contributed by atoms with Crippen LogP contribution in [0.1, 0.15) is 24.5 Å². The lowest BCUT2D eigenvalue weighted by atomic mass is 10.1. The summed E-state index contributed by atoms with van der Waals surface area (Å²) in [5.41, 5.74) is 9.02. The van der Waals surface area contributed by atoms with Gasteiger partial charge in [0.2, 0.25) is 0 Å². The van der Waals surface area contributed by atoms with E-state index in [-0.39, 0.29) is 0 Å². The molecule has 2 heteroatoms. The molecule has 0 saturated carbocycles. The van der Waals surface area contributed by atoms with Gasteiger partial charge in [0.15, 0.2) is 0 Å². The molecule has 2 aromatic carbocycles. The first-order chi connectivity index (χ1) is 9.31. The average molecular weight is 250 g/mol. The third kappa shape index (κ3) is 3.55. The fourth-order valence-corrected chi connectivity index (χ4v) is 1.83. The van der Waals surface area contributed by atoms with E-state index in [4.69, 9.17) is 5.73 Å². The Bertz CT molecular complexity index is 569. The molecule has 0 aliphatic rings. The van der Waals surface area contributed by atoms with Crippen molar-refractivity contribution >= 4 is 11.5 Å². The highest BCUT2D eigenvalue weighted by Gasteiger charge is 2.02. The Hall–Kier alpha value is -2.35. The number of benzene rings is 2. The second kappa shape index (κ2) is 6.55. The SMILES string of the molecule is CC/C=C(/N=C(N)c1ccccc1)c1ccccc1. The predicted molar refractivity (Wildman–Crippen MR) is 81.9 cm³/mol. The van der Waals surface area contributed by atoms with E-state index in [9.17, 15) is 0 Å². The zero-order chi connectivity index (χ0) is 13.5. The van der Waals surface area contributed by atoms with Crippen LogP contribution in [0.15, 0.2) is 71.7 Å². The molecule has 0 unspecified atom stereocenters. The summed E-state index contributed by atoms with van der Waals surface area (Å²) < 4.78 is 0. The van der Waals surface area contributed by atoms with Gasteiger partial charge in [0.25, 0.3) is 0 Å². The topological polar surface area (TPSA) is 38.4 Å². The highest BCUT2D eigenvalue weighted by atomic mass is 14.9. The molecular weight excluding hydrogens is 232 g/mol. The Morgan fingerprint density at radius 3 is 2.00 bits per heavy atom. The van der Waals surface area contributed by atoms with Gasteiger partial charge in [0.05, 0.1) is 5.70 Å². The Labute approximate surface area is 114 Å². The van der Waals surface area contributed by atoms with Crippen LogP contribution in [-0.4, -0.2) is 5.84 Å². The molecule has 0 atom stereocenters. The maximum Gasteiger partial charge on any atom is 0.131 e. The van der Waals surface area contributed by atoms with Crippen molar-refractivity contribution in [2.75, 3.05) is 0 Å². The van der Waals surface area contributed by atoms with Gasteiger partial charge in [-0.15, -0.1) is 0 Å². The molecule has 0 amide bonds. The van der Waals surface area contributed by atoms with Crippen molar-refractivity contribution in [3.05, 3.63) is 77.9 Å². The van der Waals surface area contributed by atoms with E-state index < -0.39 is 0 Å². The molecule has 2 N–H and O–H groups in total. The van der Waals surface area contributed by atoms with Crippen LogP contribution in [0.3, 0.4) is 0 Å². The van der Waals surface area contributed by atoms with E-state index >= 15 is 0 Å². The molecule has 0 heterocycles. The Morgan fingerprint density at radius 1 is 0.947 bits per heavy atom. The molecule has 19 heavy (non-hydrogen) atoms. The Kier molecular flexibility index (Phi) is 4.51. The van der Waals surface area contributed by atoms with E-state index in [0.717, 1.165) is 23.2 Å². The zero-order valence-electron chi connectivity index (χ0n) is 11.1. The molecule has 0 aliphatic carbocycles. The van der Waals surface area contributed by atoms with Crippen molar-refractivity contribution in [1.29, 1.82) is 0 Å². The smallest absolute Gasteiger partial charge is 0.131 e. The lowest BCUT2D eigenvalue weighted by Gasteiger charge is -2.05. The largest absolute Gasteiger partial charge is 0.383 e. The van der Waals surface area contributed by atoms with Crippen molar-refractivity contribution in [3.63, 3.8) is 0 Å². The second-order valence-corrected chi connectivity index (χ2v) is 4.23. The first kappa shape index (κ1) is 13.1. The van der Waals surface area contributed by atoms with E-state index in [1.54, 1.807) is 0 Å². The predicted octanol–water partition coefficient (Wildman–Crippen LogP) is 3.84. The van der Waals surface area contributed by atoms with Crippen LogP contribution in [0.25, 0.3) is 5.70 Å². The molecule has 2 rings (SSSR count). The van der Waals surface area contributed by atoms with Crippen molar-refractivity contribution < 1.29 is 0 Å². The van der Waals surface area contributed by atoms with Crippen molar-refractivity contribution in [3.8, 4) is 0 Å². The maximum absolute atomic E-state index is 6.07. The highest BCUT2D eigenvalue weighted by molar-refractivity contribution is 6.00. The summed E-state index contributed by atoms with van der Waals surface area (Å²) in [5.74, 6) is 0.546. The van der Waals surface area contributed by atoms with Gasteiger partial charge in [-0.1, -0.05) is 73.7 Å². The number of allylic oxidation sites excluding steroid dienone is 1. The van der Waals surface area contributed by atoms with E-state index in [1.807, 2.05) is 60.7 Å². The molecular formula is C17H18N2. The molecule has 2 aromatic rings. The molecule has 2 nitrogen and oxygen atoms in total. The fourth-order valence-electron chi connectivity index (χ4n) is 1.83. The normalized spacial score (nSPS) is 12.5. The van der Waals surface area contributed by atoms with Crippen LogP contribution >= 0.6 is 0 Å². The van der Waals surface area contributed by atoms with Crippen molar-refractivity contribution in [2.24, 2.45) is 10.7 Å². The number of nitrogens with zero attached hydrogens (tertiary/aromatic N) is 1. The summed E-state index contributed by atoms with van der Waals surface area (Å²) in [6, 6.07) is 19.9. The number of hydrogen-bond donors (Lipinski definition) is 1. The lowest BCUT2D eigenvalue weighted by molar-refractivity contribution is 1.21. The van der Waals surface area contributed by atoms with Crippen LogP contribution in [0.5, 0.6) is 0 Å². The van der Waals surface area contributed by atoms with Gasteiger partial charge >= 0.3 is 0 Å². The van der Waals surface area contributed by atoms with Gasteiger partial charge in [0.1, 0.15) is 5.84 Å². The van der Waals surface area contributed by atoms with Crippen LogP contribution in [0.4, 0.5) is 0 Å². The first-order valence-electron chi connectivity index (χ1n) is 6.46. The summed E-state index contributed by atoms with van der Waals surface area (Å²) >= 11 is 0. The molecule has 0 fully saturated rings. The molecule has 96 valence electrons. The van der Waals surface area contributed by atoms with Crippen molar-refractivity contribution in [1.82, 2.24) is 0 Å². The summed E-state index contributed by atoms with van der Waals surface area (Å²) in [4.78, 5) is 4.56. The summed E-state index contributed by atoms with van der Waals surface area (Å²) in [6.07, 6.45) is 3.01. The number of amidine groups is 1. The van der Waals surface area contributed by atoms with Crippen molar-refractivity contribution in [2.45, 2.75) is 13.3 Å². The van der Waals surface area contributed by atoms with Crippen LogP contribution < -0.4 is 5.73 Å². The van der Waals surface area contributed by atoms with Gasteiger partial charge in [0, 0.05) is 5.56 Å². The number of hydrogen-bond acceptors (Lipinski definition) is 1. The third-order valence-electron chi connectivity index (χ3n) is 2.78. The quantitative estimate of drug-likeness (QED) is 0.649. The van der Waals surface area contributed by atoms with Crippen LogP contribution in [0, 0.1) is 0 Å². The molecule has 0 aliphatic heterocycles. The third-order valence-corrected chi connectivity index (χ3v) is 2.78. The van der Waals surface area contributed by atoms with Gasteiger partial charge in [-0.05, 0) is 12.0 Å². The average Bonchev–Trinajstić information content (AvgIpc) is 2.48. The molecule has 0 radical (unpaired) electrons. The highest BCUT2D eigenvalue weighted by Crippen LogP contribution is 2.17. The zero-order valence-corrected chi connectivity index (χ0v) is 11.1. The van der Waals surface area contributed by atoms with E-state index in [1.165, 1.54) is 0 Å². The minimum Gasteiger partial charge on any atom is -0.383 e. The first-order valence-corrected chi connectivity index (χ1v) is 6.46. The maximum atomic E-state index is 6.07. The fraction of sp³-hybridized carbons (Fsp3) is 0.118. The summed E-state index contributed by atoms with van der Waals surface area (Å²) in [6.45, 7) is 2.09. The minimum absolute atomic E-state index is 0.546. The second-order valence-electron chi connectivity index (χ2n) is 4.23. The van der Waals surface area contributed by atoms with E-state index in [0.29, 0.717) is 5.84 Å². The standard InChI is InChI=1S/C17H18N2/c1-2-9-16(14-10-5-3-6-11-14)19-17(18)15-12-7-4-8-13-15/h3-13H,2H2,1H3,(H2,18,19)/b16-9+. The van der Waals surface area contributed by atoms with Gasteiger partial charge in [-0.3, -0.25) is 0 Å². The van der Waals surface area contributed by atoms with Gasteiger partial charge in [-0.2, -0.15) is 0 Å². The van der Waals surface area contributed by atoms with Gasteiger partial charge < -0.3 is 5.73 Å². The molecule has 0 bridgehead atoms. The number of rotatable bonds is 4. The number of aliphatic imine (C=N–C) groups is 1. The number of nitrogens with two attached hydrogens (primary N) is 1. The van der Waals surface area contributed by atoms with E-state index in [2.05, 4.69) is 18.0 Å². The van der Waals surface area contributed by atoms with Crippen LogP contribution in [0.2, 0.25) is 0 Å². The summed E-state index contributed by atoms with van der Waals surface area (Å²) in [5, 5.41) is 0.